The second kappa shape index (κ2) is 43.6. The third-order valence-electron chi connectivity index (χ3n) is 10.6. The highest BCUT2D eigenvalue weighted by molar-refractivity contribution is 5.87. The van der Waals surface area contributed by atoms with Gasteiger partial charge in [-0.3, -0.25) is 14.4 Å². The molecular formula is C49H88N2O7. The molecule has 9 nitrogen and oxygen atoms in total. The molecule has 0 aromatic rings. The van der Waals surface area contributed by atoms with Crippen molar-refractivity contribution in [3.63, 3.8) is 0 Å². The number of hydrogen-bond acceptors (Lipinski definition) is 6. The number of rotatable bonds is 43. The quantitative estimate of drug-likeness (QED) is 0.0273. The fraction of sp³-hybridized carbons (Fsp3) is 0.796. The van der Waals surface area contributed by atoms with E-state index in [1.165, 1.54) is 128 Å². The van der Waals surface area contributed by atoms with Crippen LogP contribution in [0, 0.1) is 0 Å². The molecular weight excluding hydrogens is 729 g/mol. The van der Waals surface area contributed by atoms with E-state index in [0.29, 0.717) is 19.3 Å². The molecule has 58 heavy (non-hydrogen) atoms. The Morgan fingerprint density at radius 2 is 0.983 bits per heavy atom. The number of unbranched alkanes of at least 4 members (excludes halogenated alkanes) is 25. The Labute approximate surface area is 355 Å². The second-order valence-electron chi connectivity index (χ2n) is 16.2. The minimum absolute atomic E-state index is 0.0806. The molecule has 0 aromatic heterocycles. The van der Waals surface area contributed by atoms with E-state index in [0.717, 1.165) is 64.2 Å². The second-order valence-corrected chi connectivity index (χ2v) is 16.2. The summed E-state index contributed by atoms with van der Waals surface area (Å²) in [6, 6.07) is -1.38. The molecule has 0 saturated carbocycles. The summed E-state index contributed by atoms with van der Waals surface area (Å²) in [6.45, 7) is 3.47. The number of nitrogens with one attached hydrogen (secondary N) is 2. The first-order valence-corrected chi connectivity index (χ1v) is 23.9. The molecule has 0 saturated heterocycles. The zero-order valence-electron chi connectivity index (χ0n) is 37.3. The number of carboxylic acid groups (broad SMARTS) is 1. The maximum atomic E-state index is 12.8. The molecule has 4 N–H and O–H groups in total. The summed E-state index contributed by atoms with van der Waals surface area (Å²) in [4.78, 5) is 47.5. The highest BCUT2D eigenvalue weighted by atomic mass is 16.5. The number of aliphatic carboxylic acids is 1. The van der Waals surface area contributed by atoms with Gasteiger partial charge in [0.1, 0.15) is 12.1 Å². The highest BCUT2D eigenvalue weighted by Gasteiger charge is 2.18. The Hall–Kier alpha value is -2.94. The number of aliphatic hydroxyl groups is 1. The standard InChI is InChI=1S/C49H88N2O7/c1-3-5-7-9-11-13-14-15-16-17-18-19-20-21-22-23-24-25-27-33-37-41-48(55)58-44(38-34-30-26-12-10-8-6-4-2)39-35-31-28-29-32-36-40-46(53)50-42-47(54)51-45(43-52)49(56)57/h14-15,17-18,34,38,44-45,52H,3-13,16,19-33,35-37,39-43H2,1-2H3,(H,50,53)(H,51,54)(H,56,57)/b15-14-,18-17-,38-34-. The Morgan fingerprint density at radius 3 is 1.48 bits per heavy atom. The normalized spacial score (nSPS) is 12.7. The van der Waals surface area contributed by atoms with Crippen LogP contribution < -0.4 is 10.6 Å². The number of esters is 1. The molecule has 0 radical (unpaired) electrons. The predicted molar refractivity (Wildman–Crippen MR) is 241 cm³/mol. The fourth-order valence-corrected chi connectivity index (χ4v) is 6.89. The number of aliphatic hydroxyl groups excluding tert-OH is 1. The number of hydrogen-bond donors (Lipinski definition) is 4. The summed E-state index contributed by atoms with van der Waals surface area (Å²) < 4.78 is 5.96. The van der Waals surface area contributed by atoms with E-state index in [4.69, 9.17) is 14.9 Å². The first-order valence-electron chi connectivity index (χ1n) is 23.9. The van der Waals surface area contributed by atoms with Crippen molar-refractivity contribution >= 4 is 23.8 Å². The first-order chi connectivity index (χ1) is 28.3. The minimum Gasteiger partial charge on any atom is -0.480 e. The zero-order chi connectivity index (χ0) is 42.6. The summed E-state index contributed by atoms with van der Waals surface area (Å²) in [5.41, 5.74) is 0. The maximum absolute atomic E-state index is 12.8. The van der Waals surface area contributed by atoms with Crippen LogP contribution in [0.15, 0.2) is 36.5 Å². The number of carboxylic acids is 1. The van der Waals surface area contributed by atoms with Crippen LogP contribution in [0.1, 0.15) is 226 Å². The average molecular weight is 817 g/mol. The molecule has 0 bridgehead atoms. The van der Waals surface area contributed by atoms with E-state index < -0.39 is 24.5 Å². The molecule has 0 fully saturated rings. The van der Waals surface area contributed by atoms with Crippen molar-refractivity contribution in [3.05, 3.63) is 36.5 Å². The topological polar surface area (TPSA) is 142 Å². The van der Waals surface area contributed by atoms with Crippen molar-refractivity contribution in [2.45, 2.75) is 238 Å². The largest absolute Gasteiger partial charge is 0.480 e. The Kier molecular flexibility index (Phi) is 41.4. The van der Waals surface area contributed by atoms with Crippen molar-refractivity contribution in [2.24, 2.45) is 0 Å². The van der Waals surface area contributed by atoms with Gasteiger partial charge in [-0.1, -0.05) is 173 Å². The van der Waals surface area contributed by atoms with Crippen molar-refractivity contribution in [1.29, 1.82) is 0 Å². The van der Waals surface area contributed by atoms with Gasteiger partial charge in [-0.2, -0.15) is 0 Å². The Morgan fingerprint density at radius 1 is 0.534 bits per heavy atom. The summed E-state index contributed by atoms with van der Waals surface area (Å²) >= 11 is 0. The van der Waals surface area contributed by atoms with Gasteiger partial charge in [0.2, 0.25) is 11.8 Å². The van der Waals surface area contributed by atoms with Gasteiger partial charge in [0, 0.05) is 12.8 Å². The molecule has 2 unspecified atom stereocenters. The molecule has 9 heteroatoms. The lowest BCUT2D eigenvalue weighted by Crippen LogP contribution is -2.47. The van der Waals surface area contributed by atoms with Crippen molar-refractivity contribution in [3.8, 4) is 0 Å². The van der Waals surface area contributed by atoms with Crippen LogP contribution in [0.2, 0.25) is 0 Å². The van der Waals surface area contributed by atoms with E-state index in [1.54, 1.807) is 0 Å². The molecule has 0 heterocycles. The molecule has 2 atom stereocenters. The fourth-order valence-electron chi connectivity index (χ4n) is 6.89. The van der Waals surface area contributed by atoms with E-state index in [2.05, 4.69) is 60.9 Å². The Bertz CT molecular complexity index is 1070. The van der Waals surface area contributed by atoms with Crippen LogP contribution in [-0.4, -0.2) is 59.3 Å². The van der Waals surface area contributed by atoms with E-state index in [1.807, 2.05) is 0 Å². The van der Waals surface area contributed by atoms with Gasteiger partial charge in [-0.25, -0.2) is 4.79 Å². The van der Waals surface area contributed by atoms with Crippen molar-refractivity contribution < 1.29 is 34.1 Å². The summed E-state index contributed by atoms with van der Waals surface area (Å²) in [7, 11) is 0. The van der Waals surface area contributed by atoms with Crippen LogP contribution in [0.4, 0.5) is 0 Å². The van der Waals surface area contributed by atoms with Gasteiger partial charge < -0.3 is 25.6 Å². The maximum Gasteiger partial charge on any atom is 0.328 e. The summed E-state index contributed by atoms with van der Waals surface area (Å²) in [5, 5.41) is 22.5. The third-order valence-corrected chi connectivity index (χ3v) is 10.6. The molecule has 0 rings (SSSR count). The molecule has 336 valence electrons. The number of ether oxygens (including phenoxy) is 1. The van der Waals surface area contributed by atoms with Gasteiger partial charge in [0.25, 0.3) is 0 Å². The van der Waals surface area contributed by atoms with Crippen LogP contribution in [0.25, 0.3) is 0 Å². The van der Waals surface area contributed by atoms with Gasteiger partial charge in [-0.05, 0) is 76.7 Å². The molecule has 0 aliphatic carbocycles. The lowest BCUT2D eigenvalue weighted by Gasteiger charge is -2.15. The number of amides is 2. The summed E-state index contributed by atoms with van der Waals surface area (Å²) in [5.74, 6) is -2.32. The molecule has 0 aliphatic heterocycles. The SMILES string of the molecule is CCCCCCC/C=C\C/C=C\CCCCCCCCCCCC(=O)OC(/C=C\CCCCCCCC)CCCCCCCCC(=O)NCC(=O)NC(CO)C(=O)O. The van der Waals surface area contributed by atoms with Gasteiger partial charge in [0.15, 0.2) is 0 Å². The van der Waals surface area contributed by atoms with Crippen LogP contribution in [-0.2, 0) is 23.9 Å². The van der Waals surface area contributed by atoms with Gasteiger partial charge in [-0.15, -0.1) is 0 Å². The van der Waals surface area contributed by atoms with Crippen LogP contribution in [0.5, 0.6) is 0 Å². The van der Waals surface area contributed by atoms with Crippen LogP contribution >= 0.6 is 0 Å². The molecule has 0 aromatic carbocycles. The summed E-state index contributed by atoms with van der Waals surface area (Å²) in [6.07, 6.45) is 50.6. The monoisotopic (exact) mass is 817 g/mol. The predicted octanol–water partition coefficient (Wildman–Crippen LogP) is 12.2. The van der Waals surface area contributed by atoms with Gasteiger partial charge in [0.05, 0.1) is 13.2 Å². The smallest absolute Gasteiger partial charge is 0.328 e. The lowest BCUT2D eigenvalue weighted by molar-refractivity contribution is -0.147. The molecule has 0 aliphatic rings. The average Bonchev–Trinajstić information content (AvgIpc) is 3.21. The molecule has 2 amide bonds. The Balaban J connectivity index is 4.14. The number of carbonyl (C=O) groups is 4. The highest BCUT2D eigenvalue weighted by Crippen LogP contribution is 2.16. The first kappa shape index (κ1) is 55.1. The minimum atomic E-state index is -1.38. The number of carbonyl (C=O) groups excluding carboxylic acids is 3. The van der Waals surface area contributed by atoms with E-state index in [9.17, 15) is 19.2 Å². The third kappa shape index (κ3) is 39.9. The number of allylic oxidation sites excluding steroid dienone is 5. The lowest BCUT2D eigenvalue weighted by atomic mass is 10.0. The van der Waals surface area contributed by atoms with Crippen LogP contribution in [0.3, 0.4) is 0 Å². The van der Waals surface area contributed by atoms with Crippen molar-refractivity contribution in [2.75, 3.05) is 13.2 Å². The van der Waals surface area contributed by atoms with E-state index in [-0.39, 0.29) is 24.5 Å². The van der Waals surface area contributed by atoms with Crippen molar-refractivity contribution in [1.82, 2.24) is 10.6 Å². The van der Waals surface area contributed by atoms with Gasteiger partial charge >= 0.3 is 11.9 Å². The van der Waals surface area contributed by atoms with E-state index >= 15 is 0 Å². The zero-order valence-corrected chi connectivity index (χ0v) is 37.3. The molecule has 0 spiro atoms.